The third kappa shape index (κ3) is 29.4. The molecular weight excluding hydrogens is 675 g/mol. The number of carbonyl (C=O) groups is 4. The lowest BCUT2D eigenvalue weighted by atomic mass is 9.73. The van der Waals surface area contributed by atoms with Gasteiger partial charge in [-0.05, 0) is 76.2 Å². The van der Waals surface area contributed by atoms with Gasteiger partial charge >= 0.3 is 0 Å². The van der Waals surface area contributed by atoms with Crippen LogP contribution in [-0.4, -0.2) is 73.6 Å². The van der Waals surface area contributed by atoms with E-state index < -0.39 is 0 Å². The zero-order chi connectivity index (χ0) is 42.8. The largest absolute Gasteiger partial charge is 0.375 e. The quantitative estimate of drug-likeness (QED) is 0.0641. The normalized spacial score (nSPS) is 15.2. The lowest BCUT2D eigenvalue weighted by Gasteiger charge is -2.41. The summed E-state index contributed by atoms with van der Waals surface area (Å²) < 4.78 is 0. The molecule has 1 rings (SSSR count). The van der Waals surface area contributed by atoms with Crippen LogP contribution in [0.3, 0.4) is 0 Å². The topological polar surface area (TPSA) is 120 Å². The van der Waals surface area contributed by atoms with Crippen molar-refractivity contribution in [2.75, 3.05) is 27.2 Å². The maximum Gasteiger partial charge on any atom is 0.246 e. The van der Waals surface area contributed by atoms with Gasteiger partial charge in [0.05, 0.1) is 5.82 Å². The second kappa shape index (κ2) is 35.7. The van der Waals surface area contributed by atoms with Gasteiger partial charge in [-0.1, -0.05) is 114 Å². The summed E-state index contributed by atoms with van der Waals surface area (Å²) in [6.07, 6.45) is 17.5. The molecule has 1 fully saturated rings. The molecule has 0 aliphatic carbocycles. The van der Waals surface area contributed by atoms with Gasteiger partial charge in [-0.2, -0.15) is 0 Å². The Morgan fingerprint density at radius 1 is 0.889 bits per heavy atom. The fourth-order valence-electron chi connectivity index (χ4n) is 5.95. The first-order valence-corrected chi connectivity index (χ1v) is 21.1. The average Bonchev–Trinajstić information content (AvgIpc) is 3.62. The summed E-state index contributed by atoms with van der Waals surface area (Å²) in [4.78, 5) is 48.0. The van der Waals surface area contributed by atoms with Crippen LogP contribution in [-0.2, 0) is 19.2 Å². The Kier molecular flexibility index (Phi) is 38.2. The van der Waals surface area contributed by atoms with E-state index in [1.54, 1.807) is 0 Å². The minimum Gasteiger partial charge on any atom is -0.375 e. The Morgan fingerprint density at radius 2 is 1.48 bits per heavy atom. The van der Waals surface area contributed by atoms with E-state index in [-0.39, 0.29) is 46.9 Å². The molecule has 4 unspecified atom stereocenters. The maximum atomic E-state index is 13.4. The summed E-state index contributed by atoms with van der Waals surface area (Å²) in [6, 6.07) is 0.0811. The molecule has 1 saturated heterocycles. The van der Waals surface area contributed by atoms with Crippen molar-refractivity contribution < 1.29 is 19.2 Å². The molecule has 1 heterocycles. The maximum absolute atomic E-state index is 13.4. The van der Waals surface area contributed by atoms with Crippen molar-refractivity contribution >= 4 is 23.4 Å². The van der Waals surface area contributed by atoms with E-state index in [9.17, 15) is 19.2 Å². The van der Waals surface area contributed by atoms with E-state index in [1.807, 2.05) is 51.9 Å². The van der Waals surface area contributed by atoms with Gasteiger partial charge in [0, 0.05) is 52.0 Å². The van der Waals surface area contributed by atoms with Gasteiger partial charge in [0.1, 0.15) is 6.04 Å². The third-order valence-electron chi connectivity index (χ3n) is 9.20. The second-order valence-corrected chi connectivity index (χ2v) is 15.3. The number of hydrogen-bond acceptors (Lipinski definition) is 7. The number of rotatable bonds is 22. The average molecular weight is 764 g/mol. The minimum absolute atomic E-state index is 0.0735. The summed E-state index contributed by atoms with van der Waals surface area (Å²) in [5.74, 6) is 0.471. The van der Waals surface area contributed by atoms with E-state index in [4.69, 9.17) is 0 Å². The Morgan fingerprint density at radius 3 is 1.89 bits per heavy atom. The highest BCUT2D eigenvalue weighted by Gasteiger charge is 2.42. The Labute approximate surface area is 334 Å². The number of carbonyl (C=O) groups excluding carboxylic acids is 4. The molecule has 318 valence electrons. The molecule has 54 heavy (non-hydrogen) atoms. The summed E-state index contributed by atoms with van der Waals surface area (Å²) in [5, 5.41) is 12.2. The smallest absolute Gasteiger partial charge is 0.246 e. The standard InChI is InChI=1S/C20H37N3O.C10H21NO.C9H17NO2.C4H8.C2H6/c1-7-10-14-20(5,13-8-2)18(22-16(4)21-6)19(24)23-15-11-12-17(23)9-3;1-5-11-9(12)7-6-8-10(2,3)4;1-4-5-8(10-3)6-9(12)7(2)11;1-3-4-2;1-2/h9,17-18,21-22H,3-4,7-8,10-15H2,1-2,5-6H3;5-8H2,1-4H3,(H,11,12);8,10H,4-6H2,1-3H3;3H,1,4H2,2H3;1-2H3. The van der Waals surface area contributed by atoms with Crippen LogP contribution < -0.4 is 21.3 Å². The lowest BCUT2D eigenvalue weighted by Crippen LogP contribution is -2.56. The molecule has 0 aromatic heterocycles. The Bertz CT molecular complexity index is 1020. The van der Waals surface area contributed by atoms with Gasteiger partial charge in [-0.15, -0.1) is 13.2 Å². The molecule has 4 atom stereocenters. The van der Waals surface area contributed by atoms with Crippen LogP contribution in [0.1, 0.15) is 173 Å². The van der Waals surface area contributed by atoms with E-state index in [0.717, 1.165) is 90.1 Å². The van der Waals surface area contributed by atoms with Gasteiger partial charge in [0.2, 0.25) is 11.8 Å². The molecule has 0 aromatic rings. The molecule has 2 amide bonds. The number of likely N-dealkylation sites (tertiary alicyclic amines) is 1. The minimum atomic E-state index is -0.341. The molecule has 0 saturated carbocycles. The van der Waals surface area contributed by atoms with Gasteiger partial charge in [0.15, 0.2) is 11.6 Å². The fourth-order valence-corrected chi connectivity index (χ4v) is 5.95. The van der Waals surface area contributed by atoms with Crippen LogP contribution in [0.15, 0.2) is 37.7 Å². The Balaban J connectivity index is -0.000000351. The third-order valence-corrected chi connectivity index (χ3v) is 9.20. The summed E-state index contributed by atoms with van der Waals surface area (Å²) in [5.41, 5.74) is 0.280. The molecule has 9 nitrogen and oxygen atoms in total. The van der Waals surface area contributed by atoms with Crippen molar-refractivity contribution in [1.29, 1.82) is 0 Å². The Hall–Kier alpha value is -2.94. The van der Waals surface area contributed by atoms with Crippen LogP contribution >= 0.6 is 0 Å². The van der Waals surface area contributed by atoms with Crippen LogP contribution in [0.2, 0.25) is 0 Å². The molecule has 1 aliphatic rings. The van der Waals surface area contributed by atoms with E-state index in [1.165, 1.54) is 6.92 Å². The van der Waals surface area contributed by atoms with Crippen molar-refractivity contribution in [2.24, 2.45) is 10.8 Å². The summed E-state index contributed by atoms with van der Waals surface area (Å²) in [7, 11) is 3.65. The van der Waals surface area contributed by atoms with Crippen LogP contribution in [0.25, 0.3) is 0 Å². The summed E-state index contributed by atoms with van der Waals surface area (Å²) >= 11 is 0. The number of unbranched alkanes of at least 4 members (excludes halogenated alkanes) is 1. The molecule has 9 heteroatoms. The zero-order valence-corrected chi connectivity index (χ0v) is 37.9. The first-order valence-electron chi connectivity index (χ1n) is 21.1. The molecule has 0 spiro atoms. The number of Topliss-reactive ketones (excluding diaryl/α,β-unsaturated/α-hetero) is 2. The SMILES string of the molecule is C=CC1CCCN1C(=O)C(NC(=C)NC)C(C)(CCC)CCCC.C=CCC.CC.CCCC(CC(=O)C(C)=O)NC.CCNC(=O)CCCC(C)(C)C. The predicted octanol–water partition coefficient (Wildman–Crippen LogP) is 9.68. The highest BCUT2D eigenvalue weighted by Crippen LogP contribution is 2.36. The van der Waals surface area contributed by atoms with Gasteiger partial charge in [-0.3, -0.25) is 19.2 Å². The van der Waals surface area contributed by atoms with Crippen molar-refractivity contribution in [3.63, 3.8) is 0 Å². The van der Waals surface area contributed by atoms with Crippen molar-refractivity contribution in [1.82, 2.24) is 26.2 Å². The highest BCUT2D eigenvalue weighted by atomic mass is 16.2. The molecule has 0 aromatic carbocycles. The van der Waals surface area contributed by atoms with Crippen molar-refractivity contribution in [3.05, 3.63) is 37.7 Å². The number of hydrogen-bond donors (Lipinski definition) is 4. The van der Waals surface area contributed by atoms with Crippen LogP contribution in [0, 0.1) is 10.8 Å². The highest BCUT2D eigenvalue weighted by molar-refractivity contribution is 6.36. The van der Waals surface area contributed by atoms with Gasteiger partial charge in [-0.25, -0.2) is 0 Å². The number of allylic oxidation sites excluding steroid dienone is 1. The second-order valence-electron chi connectivity index (χ2n) is 15.3. The van der Waals surface area contributed by atoms with Gasteiger partial charge in [0.25, 0.3) is 0 Å². The van der Waals surface area contributed by atoms with Crippen molar-refractivity contribution in [2.45, 2.75) is 191 Å². The number of nitrogens with zero attached hydrogens (tertiary/aromatic N) is 1. The zero-order valence-electron chi connectivity index (χ0n) is 37.9. The van der Waals surface area contributed by atoms with Gasteiger partial charge < -0.3 is 26.2 Å². The molecule has 0 radical (unpaired) electrons. The first kappa shape index (κ1) is 57.8. The monoisotopic (exact) mass is 764 g/mol. The summed E-state index contributed by atoms with van der Waals surface area (Å²) in [6.45, 7) is 37.6. The lowest BCUT2D eigenvalue weighted by molar-refractivity contribution is -0.137. The number of ketones is 2. The van der Waals surface area contributed by atoms with Crippen LogP contribution in [0.5, 0.6) is 0 Å². The predicted molar refractivity (Wildman–Crippen MR) is 234 cm³/mol. The molecule has 0 bridgehead atoms. The fraction of sp³-hybridized carbons (Fsp3) is 0.778. The first-order chi connectivity index (χ1) is 25.4. The van der Waals surface area contributed by atoms with Crippen molar-refractivity contribution in [3.8, 4) is 0 Å². The molecular formula is C45H89N5O4. The molecule has 4 N–H and O–H groups in total. The number of nitrogens with one attached hydrogen (secondary N) is 4. The van der Waals surface area contributed by atoms with E-state index >= 15 is 0 Å². The molecule has 1 aliphatic heterocycles. The van der Waals surface area contributed by atoms with Crippen LogP contribution in [0.4, 0.5) is 0 Å². The van der Waals surface area contributed by atoms with E-state index in [0.29, 0.717) is 24.1 Å². The van der Waals surface area contributed by atoms with E-state index in [2.05, 4.69) is 96.4 Å². The number of amides is 2.